The lowest BCUT2D eigenvalue weighted by Crippen LogP contribution is -2.05. The molecule has 20 heavy (non-hydrogen) atoms. The normalized spacial score (nSPS) is 10.7. The number of hydrogen-bond acceptors (Lipinski definition) is 3. The first-order valence-corrected chi connectivity index (χ1v) is 6.88. The minimum absolute atomic E-state index is 0.234. The van der Waals surface area contributed by atoms with Gasteiger partial charge in [0.25, 0.3) is 0 Å². The summed E-state index contributed by atoms with van der Waals surface area (Å²) in [7, 11) is 0. The van der Waals surface area contributed by atoms with E-state index in [0.29, 0.717) is 17.1 Å². The third kappa shape index (κ3) is 3.13. The number of anilines is 1. The highest BCUT2D eigenvalue weighted by molar-refractivity contribution is 5.67. The van der Waals surface area contributed by atoms with Gasteiger partial charge in [-0.2, -0.15) is 0 Å². The number of benzene rings is 1. The predicted molar refractivity (Wildman–Crippen MR) is 80.4 cm³/mol. The molecule has 2 aromatic rings. The number of halogens is 1. The minimum atomic E-state index is -0.234. The van der Waals surface area contributed by atoms with Crippen molar-refractivity contribution in [1.82, 2.24) is 9.97 Å². The van der Waals surface area contributed by atoms with E-state index in [0.717, 1.165) is 29.9 Å². The highest BCUT2D eigenvalue weighted by atomic mass is 19.1. The zero-order valence-electron chi connectivity index (χ0n) is 12.4. The SMILES string of the molecule is CCCNc1cc(-c2c(C)cc(C)cc2F)nc(C)n1. The summed E-state index contributed by atoms with van der Waals surface area (Å²) in [6.45, 7) is 8.54. The molecule has 0 aliphatic carbocycles. The van der Waals surface area contributed by atoms with E-state index in [-0.39, 0.29) is 5.82 Å². The third-order valence-corrected chi connectivity index (χ3v) is 3.08. The van der Waals surface area contributed by atoms with Gasteiger partial charge in [-0.25, -0.2) is 14.4 Å². The quantitative estimate of drug-likeness (QED) is 0.914. The maximum Gasteiger partial charge on any atom is 0.133 e. The molecule has 0 saturated heterocycles. The van der Waals surface area contributed by atoms with Crippen molar-refractivity contribution in [2.24, 2.45) is 0 Å². The van der Waals surface area contributed by atoms with Crippen LogP contribution in [-0.4, -0.2) is 16.5 Å². The molecule has 0 aliphatic rings. The molecular formula is C16H20FN3. The van der Waals surface area contributed by atoms with Gasteiger partial charge in [-0.15, -0.1) is 0 Å². The number of nitrogens with one attached hydrogen (secondary N) is 1. The summed E-state index contributed by atoms with van der Waals surface area (Å²) in [5.74, 6) is 1.15. The topological polar surface area (TPSA) is 37.8 Å². The molecule has 0 radical (unpaired) electrons. The van der Waals surface area contributed by atoms with E-state index in [4.69, 9.17) is 0 Å². The van der Waals surface area contributed by atoms with Crippen LogP contribution in [0.3, 0.4) is 0 Å². The predicted octanol–water partition coefficient (Wildman–Crippen LogP) is 4.03. The van der Waals surface area contributed by atoms with Crippen molar-refractivity contribution in [1.29, 1.82) is 0 Å². The van der Waals surface area contributed by atoms with Gasteiger partial charge in [0.1, 0.15) is 17.5 Å². The zero-order valence-corrected chi connectivity index (χ0v) is 12.4. The molecule has 0 aliphatic heterocycles. The lowest BCUT2D eigenvalue weighted by molar-refractivity contribution is 0.628. The highest BCUT2D eigenvalue weighted by Gasteiger charge is 2.12. The van der Waals surface area contributed by atoms with Crippen LogP contribution in [0, 0.1) is 26.6 Å². The number of rotatable bonds is 4. The van der Waals surface area contributed by atoms with Gasteiger partial charge < -0.3 is 5.32 Å². The Bertz CT molecular complexity index is 600. The Balaban J connectivity index is 2.50. The average molecular weight is 273 g/mol. The van der Waals surface area contributed by atoms with E-state index in [2.05, 4.69) is 22.2 Å². The number of hydrogen-bond donors (Lipinski definition) is 1. The van der Waals surface area contributed by atoms with Crippen molar-refractivity contribution in [3.63, 3.8) is 0 Å². The Morgan fingerprint density at radius 2 is 1.85 bits per heavy atom. The van der Waals surface area contributed by atoms with Crippen LogP contribution in [0.4, 0.5) is 10.2 Å². The molecule has 0 amide bonds. The van der Waals surface area contributed by atoms with Crippen LogP contribution in [0.5, 0.6) is 0 Å². The Labute approximate surface area is 119 Å². The third-order valence-electron chi connectivity index (χ3n) is 3.08. The molecule has 0 fully saturated rings. The molecule has 0 bridgehead atoms. The number of aromatic nitrogens is 2. The van der Waals surface area contributed by atoms with Crippen LogP contribution in [0.1, 0.15) is 30.3 Å². The van der Waals surface area contributed by atoms with Crippen LogP contribution >= 0.6 is 0 Å². The Kier molecular flexibility index (Phi) is 4.32. The van der Waals surface area contributed by atoms with Gasteiger partial charge in [-0.05, 0) is 44.4 Å². The molecule has 0 atom stereocenters. The van der Waals surface area contributed by atoms with Crippen molar-refractivity contribution in [2.75, 3.05) is 11.9 Å². The van der Waals surface area contributed by atoms with E-state index >= 15 is 0 Å². The van der Waals surface area contributed by atoms with Crippen LogP contribution in [0.2, 0.25) is 0 Å². The largest absolute Gasteiger partial charge is 0.370 e. The standard InChI is InChI=1S/C16H20FN3/c1-5-6-18-15-9-14(19-12(4)20-15)16-11(3)7-10(2)8-13(16)17/h7-9H,5-6H2,1-4H3,(H,18,19,20). The van der Waals surface area contributed by atoms with Crippen molar-refractivity contribution in [2.45, 2.75) is 34.1 Å². The first kappa shape index (κ1) is 14.4. The molecule has 4 heteroatoms. The molecule has 106 valence electrons. The van der Waals surface area contributed by atoms with E-state index in [9.17, 15) is 4.39 Å². The zero-order chi connectivity index (χ0) is 14.7. The summed E-state index contributed by atoms with van der Waals surface area (Å²) in [6, 6.07) is 5.32. The van der Waals surface area contributed by atoms with Crippen LogP contribution in [0.25, 0.3) is 11.3 Å². The lowest BCUT2D eigenvalue weighted by atomic mass is 10.0. The first-order valence-electron chi connectivity index (χ1n) is 6.88. The molecule has 1 aromatic carbocycles. The highest BCUT2D eigenvalue weighted by Crippen LogP contribution is 2.27. The molecule has 0 unspecified atom stereocenters. The maximum atomic E-state index is 14.2. The lowest BCUT2D eigenvalue weighted by Gasteiger charge is -2.11. The molecule has 1 heterocycles. The van der Waals surface area contributed by atoms with Gasteiger partial charge in [0, 0.05) is 18.2 Å². The fourth-order valence-electron chi connectivity index (χ4n) is 2.28. The van der Waals surface area contributed by atoms with E-state index in [1.165, 1.54) is 0 Å². The van der Waals surface area contributed by atoms with Gasteiger partial charge >= 0.3 is 0 Å². The Morgan fingerprint density at radius 3 is 2.50 bits per heavy atom. The smallest absolute Gasteiger partial charge is 0.133 e. The van der Waals surface area contributed by atoms with E-state index < -0.39 is 0 Å². The van der Waals surface area contributed by atoms with Crippen molar-refractivity contribution >= 4 is 5.82 Å². The summed E-state index contributed by atoms with van der Waals surface area (Å²) in [4.78, 5) is 8.70. The molecule has 1 aromatic heterocycles. The van der Waals surface area contributed by atoms with Crippen LogP contribution < -0.4 is 5.32 Å². The van der Waals surface area contributed by atoms with E-state index in [1.54, 1.807) is 6.07 Å². The number of nitrogens with zero attached hydrogens (tertiary/aromatic N) is 2. The first-order chi connectivity index (χ1) is 9.51. The van der Waals surface area contributed by atoms with Gasteiger partial charge in [-0.1, -0.05) is 13.0 Å². The molecule has 0 spiro atoms. The maximum absolute atomic E-state index is 14.2. The van der Waals surface area contributed by atoms with Crippen molar-refractivity contribution < 1.29 is 4.39 Å². The summed E-state index contributed by atoms with van der Waals surface area (Å²) in [6.07, 6.45) is 1.01. The van der Waals surface area contributed by atoms with Crippen molar-refractivity contribution in [3.05, 3.63) is 41.0 Å². The second kappa shape index (κ2) is 5.99. The summed E-state index contributed by atoms with van der Waals surface area (Å²) < 4.78 is 14.2. The minimum Gasteiger partial charge on any atom is -0.370 e. The monoisotopic (exact) mass is 273 g/mol. The molecular weight excluding hydrogens is 253 g/mol. The van der Waals surface area contributed by atoms with Crippen molar-refractivity contribution in [3.8, 4) is 11.3 Å². The Morgan fingerprint density at radius 1 is 1.10 bits per heavy atom. The molecule has 3 nitrogen and oxygen atoms in total. The van der Waals surface area contributed by atoms with Gasteiger partial charge in [0.2, 0.25) is 0 Å². The second-order valence-electron chi connectivity index (χ2n) is 5.05. The van der Waals surface area contributed by atoms with Gasteiger partial charge in [-0.3, -0.25) is 0 Å². The Hall–Kier alpha value is -1.97. The fourth-order valence-corrected chi connectivity index (χ4v) is 2.28. The summed E-state index contributed by atoms with van der Waals surface area (Å²) in [5, 5.41) is 3.22. The fraction of sp³-hybridized carbons (Fsp3) is 0.375. The molecule has 0 saturated carbocycles. The molecule has 2 rings (SSSR count). The second-order valence-corrected chi connectivity index (χ2v) is 5.05. The van der Waals surface area contributed by atoms with Gasteiger partial charge in [0.15, 0.2) is 0 Å². The summed E-state index contributed by atoms with van der Waals surface area (Å²) in [5.41, 5.74) is 2.99. The van der Waals surface area contributed by atoms with E-state index in [1.807, 2.05) is 32.9 Å². The molecule has 1 N–H and O–H groups in total. The van der Waals surface area contributed by atoms with Crippen LogP contribution in [-0.2, 0) is 0 Å². The average Bonchev–Trinajstić information content (AvgIpc) is 2.34. The summed E-state index contributed by atoms with van der Waals surface area (Å²) >= 11 is 0. The van der Waals surface area contributed by atoms with Crippen LogP contribution in [0.15, 0.2) is 18.2 Å². The number of aryl methyl sites for hydroxylation is 3. The van der Waals surface area contributed by atoms with Gasteiger partial charge in [0.05, 0.1) is 5.69 Å².